The van der Waals surface area contributed by atoms with Gasteiger partial charge in [0.25, 0.3) is 0 Å². The average molecular weight is 1400 g/mol. The highest BCUT2D eigenvalue weighted by atomic mass is 16.6. The van der Waals surface area contributed by atoms with Crippen LogP contribution in [-0.4, -0.2) is 141 Å². The van der Waals surface area contributed by atoms with Crippen molar-refractivity contribution < 1.29 is 52.8 Å². The number of carboxylic acid groups (broad SMARTS) is 1. The summed E-state index contributed by atoms with van der Waals surface area (Å²) in [7, 11) is 0. The van der Waals surface area contributed by atoms with Gasteiger partial charge in [-0.3, -0.25) is 47.7 Å². The predicted octanol–water partition coefficient (Wildman–Crippen LogP) is 12.6. The Morgan fingerprint density at radius 1 is 0.410 bits per heavy atom. The van der Waals surface area contributed by atoms with Crippen LogP contribution in [0.1, 0.15) is 117 Å². The van der Waals surface area contributed by atoms with E-state index in [-0.39, 0.29) is 69.1 Å². The Hall–Kier alpha value is -11.9. The van der Waals surface area contributed by atoms with Gasteiger partial charge in [0, 0.05) is 50.1 Å². The van der Waals surface area contributed by atoms with E-state index in [1.54, 1.807) is 43.8 Å². The van der Waals surface area contributed by atoms with Crippen LogP contribution in [0.2, 0.25) is 0 Å². The van der Waals surface area contributed by atoms with Gasteiger partial charge in [-0.1, -0.05) is 250 Å². The first-order valence-electron chi connectivity index (χ1n) is 35.1. The number of benzene rings is 8. The lowest BCUT2D eigenvalue weighted by Crippen LogP contribution is -2.57. The lowest BCUT2D eigenvalue weighted by atomic mass is 9.75. The molecule has 14 rings (SSSR count). The van der Waals surface area contributed by atoms with Crippen LogP contribution < -0.4 is 0 Å². The highest BCUT2D eigenvalue weighted by molar-refractivity contribution is 5.99. The molecule has 1 N–H and O–H groups in total. The van der Waals surface area contributed by atoms with E-state index in [0.717, 1.165) is 33.4 Å². The smallest absolute Gasteiger partial charge is 0.306 e. The Kier molecular flexibility index (Phi) is 22.8. The Labute approximate surface area is 607 Å². The molecule has 2 aliphatic heterocycles. The second kappa shape index (κ2) is 33.5. The summed E-state index contributed by atoms with van der Waals surface area (Å²) >= 11 is 0. The minimum Gasteiger partial charge on any atom is -0.481 e. The zero-order valence-electron chi connectivity index (χ0n) is 57.9. The van der Waals surface area contributed by atoms with Crippen molar-refractivity contribution in [3.8, 4) is 0 Å². The minimum atomic E-state index is -1.07. The van der Waals surface area contributed by atoms with E-state index in [1.165, 1.54) is 12.7 Å². The molecule has 21 heteroatoms. The van der Waals surface area contributed by atoms with Crippen molar-refractivity contribution in [3.05, 3.63) is 324 Å². The number of hydrogen-bond donors (Lipinski definition) is 1. The lowest BCUT2D eigenvalue weighted by molar-refractivity contribution is -0.169. The Balaban J connectivity index is 0.000000186. The highest BCUT2D eigenvalue weighted by Gasteiger charge is 2.49. The second-order valence-electron chi connectivity index (χ2n) is 25.7. The summed E-state index contributed by atoms with van der Waals surface area (Å²) in [4.78, 5) is 107. The first-order valence-corrected chi connectivity index (χ1v) is 35.1. The summed E-state index contributed by atoms with van der Waals surface area (Å²) in [6.07, 6.45) is 3.82. The number of Topliss-reactive ketones (excluding diaryl/α,β-unsaturated/α-hetero) is 3. The minimum absolute atomic E-state index is 0.0132. The Morgan fingerprint density at radius 3 is 1.04 bits per heavy atom. The molecule has 0 radical (unpaired) electrons. The Bertz CT molecular complexity index is 4730. The monoisotopic (exact) mass is 1400 g/mol. The average Bonchev–Trinajstić information content (AvgIpc) is 1.01. The van der Waals surface area contributed by atoms with Gasteiger partial charge in [-0.05, 0) is 33.4 Å². The number of morpholine rings is 2. The molecule has 21 nitrogen and oxygen atoms in total. The number of hydrogen-bond acceptors (Lipinski definition) is 18. The fourth-order valence-corrected chi connectivity index (χ4v) is 14.2. The number of esters is 2. The number of carbonyl (C=O) groups excluding carboxylic acids is 5. The number of nitrogens with zero attached hydrogens (tertiary/aromatic N) is 10. The molecule has 0 spiro atoms. The van der Waals surface area contributed by atoms with Crippen LogP contribution >= 0.6 is 0 Å². The molecule has 0 saturated carbocycles. The van der Waals surface area contributed by atoms with Crippen LogP contribution in [0, 0.1) is 0 Å². The molecular weight excluding hydrogens is 1320 g/mol. The number of ether oxygens (including phenoxy) is 4. The second-order valence-corrected chi connectivity index (χ2v) is 25.7. The van der Waals surface area contributed by atoms with Gasteiger partial charge in [0.2, 0.25) is 0 Å². The number of fused-ring (bicyclic) bond motifs is 2. The van der Waals surface area contributed by atoms with E-state index in [9.17, 15) is 28.8 Å². The first kappa shape index (κ1) is 71.5. The summed E-state index contributed by atoms with van der Waals surface area (Å²) in [5, 5.41) is 9.10. The van der Waals surface area contributed by atoms with Crippen molar-refractivity contribution >= 4 is 57.6 Å². The molecule has 4 aromatic heterocycles. The van der Waals surface area contributed by atoms with Crippen molar-refractivity contribution in [3.63, 3.8) is 0 Å². The number of rotatable bonds is 27. The molecule has 12 aromatic rings. The number of carboxylic acids is 1. The maximum Gasteiger partial charge on any atom is 0.306 e. The molecule has 4 atom stereocenters. The number of carbonyl (C=O) groups is 6. The Morgan fingerprint density at radius 2 is 0.724 bits per heavy atom. The van der Waals surface area contributed by atoms with Crippen molar-refractivity contribution in [2.24, 2.45) is 0 Å². The topological polar surface area (TPSA) is 253 Å². The van der Waals surface area contributed by atoms with E-state index in [2.05, 4.69) is 108 Å². The van der Waals surface area contributed by atoms with Crippen molar-refractivity contribution in [1.82, 2.24) is 48.8 Å². The van der Waals surface area contributed by atoms with E-state index >= 15 is 0 Å². The van der Waals surface area contributed by atoms with Gasteiger partial charge in [-0.25, -0.2) is 29.9 Å². The standard InChI is InChI=1S/C43H41N5O5.C41H37N5O6/c1-2-35(49)23-24-40(51)52-28-36-26-47(43(32-17-9-4-10-18-32,33-19-11-5-12-20-33)34-21-13-6-14-22-34)27-39(53-36)48-30-46-41-37(44-29-45-42(41)48)25-38(50)31-15-7-3-8-16-31;47-35(29-13-5-1-6-14-29)23-34-39-40(43-27-42-34)46(28-44-39)36-25-45(24-33(52-36)26-51-38(50)22-21-37(48)49)41(30-15-7-2-8-16-30,31-17-9-3-10-18-31)32-19-11-4-12-20-32/h3-22,29-30,36,39H,2,23-28H2,1H3;1-20,27-28,33,36H,21-26H2,(H,48,49)/t36-,39+;33-,36+/m00/s1. The third-order valence-electron chi connectivity index (χ3n) is 19.1. The van der Waals surface area contributed by atoms with Gasteiger partial charge in [0.05, 0.1) is 67.2 Å². The predicted molar refractivity (Wildman–Crippen MR) is 392 cm³/mol. The van der Waals surface area contributed by atoms with Crippen molar-refractivity contribution in [2.75, 3.05) is 39.4 Å². The fraction of sp³-hybridized carbons (Fsp3) is 0.238. The number of ketones is 3. The van der Waals surface area contributed by atoms with Crippen LogP contribution in [0.25, 0.3) is 22.3 Å². The third kappa shape index (κ3) is 16.0. The van der Waals surface area contributed by atoms with E-state index < -0.39 is 53.6 Å². The summed E-state index contributed by atoms with van der Waals surface area (Å²) in [5.41, 5.74) is 8.93. The summed E-state index contributed by atoms with van der Waals surface area (Å²) in [5.74, 6) is -2.28. The SMILES string of the molecule is CCC(=O)CCC(=O)OC[C@@H]1CN(C(c2ccccc2)(c2ccccc2)c2ccccc2)C[C@H](n2cnc3c(CC(=O)c4ccccc4)ncnc32)O1.O=C(O)CCC(=O)OC[C@@H]1CN(C(c2ccccc2)(c2ccccc2)c2ccccc2)C[C@H](n2cnc3c(CC(=O)c4ccccc4)ncnc32)O1. The third-order valence-corrected chi connectivity index (χ3v) is 19.1. The first-order chi connectivity index (χ1) is 51.4. The normalized spacial score (nSPS) is 16.4. The van der Waals surface area contributed by atoms with Gasteiger partial charge < -0.3 is 24.1 Å². The highest BCUT2D eigenvalue weighted by Crippen LogP contribution is 2.47. The zero-order valence-corrected chi connectivity index (χ0v) is 57.9. The molecule has 2 saturated heterocycles. The maximum atomic E-state index is 13.2. The number of aliphatic carboxylic acids is 1. The van der Waals surface area contributed by atoms with Crippen molar-refractivity contribution in [2.45, 2.75) is 87.6 Å². The lowest BCUT2D eigenvalue weighted by Gasteiger charge is -2.50. The van der Waals surface area contributed by atoms with Crippen molar-refractivity contribution in [1.29, 1.82) is 0 Å². The van der Waals surface area contributed by atoms with E-state index in [1.807, 2.05) is 155 Å². The molecule has 2 aliphatic rings. The van der Waals surface area contributed by atoms with E-state index in [0.29, 0.717) is 77.4 Å². The van der Waals surface area contributed by atoms with E-state index in [4.69, 9.17) is 29.0 Å². The summed E-state index contributed by atoms with van der Waals surface area (Å²) in [6, 6.07) is 80.1. The van der Waals surface area contributed by atoms with Gasteiger partial charge >= 0.3 is 17.9 Å². The molecular formula is C84H78N10O11. The zero-order chi connectivity index (χ0) is 72.5. The molecule has 0 aliphatic carbocycles. The summed E-state index contributed by atoms with van der Waals surface area (Å²) < 4.78 is 28.6. The molecule has 530 valence electrons. The fourth-order valence-electron chi connectivity index (χ4n) is 14.2. The van der Waals surface area contributed by atoms with Crippen LogP contribution in [0.4, 0.5) is 0 Å². The molecule has 8 aromatic carbocycles. The molecule has 2 fully saturated rings. The molecule has 0 unspecified atom stereocenters. The molecule has 0 amide bonds. The van der Waals surface area contributed by atoms with Gasteiger partial charge in [-0.2, -0.15) is 0 Å². The molecule has 105 heavy (non-hydrogen) atoms. The number of imidazole rings is 2. The maximum absolute atomic E-state index is 13.2. The summed E-state index contributed by atoms with van der Waals surface area (Å²) in [6.45, 7) is 3.22. The number of aromatic nitrogens is 8. The van der Waals surface area contributed by atoms with Gasteiger partial charge in [0.1, 0.15) is 67.3 Å². The van der Waals surface area contributed by atoms with Gasteiger partial charge in [0.15, 0.2) is 22.9 Å². The largest absolute Gasteiger partial charge is 0.481 e. The van der Waals surface area contributed by atoms with Crippen LogP contribution in [0.3, 0.4) is 0 Å². The quantitative estimate of drug-likeness (QED) is 0.0285. The molecule has 0 bridgehead atoms. The van der Waals surface area contributed by atoms with Gasteiger partial charge in [-0.15, -0.1) is 0 Å². The van der Waals surface area contributed by atoms with Crippen LogP contribution in [0.15, 0.2) is 268 Å². The molecule has 6 heterocycles. The van der Waals surface area contributed by atoms with Crippen LogP contribution in [-0.2, 0) is 62.0 Å². The van der Waals surface area contributed by atoms with Crippen LogP contribution in [0.5, 0.6) is 0 Å².